The molecule has 0 aliphatic carbocycles. The summed E-state index contributed by atoms with van der Waals surface area (Å²) in [5, 5.41) is 3.80. The number of hydrogen-bond donors (Lipinski definition) is 1. The fourth-order valence-electron chi connectivity index (χ4n) is 0.992. The summed E-state index contributed by atoms with van der Waals surface area (Å²) in [4.78, 5) is 15.0. The predicted molar refractivity (Wildman–Crippen MR) is 64.3 cm³/mol. The third-order valence-electron chi connectivity index (χ3n) is 1.95. The molecule has 0 aliphatic rings. The van der Waals surface area contributed by atoms with E-state index in [2.05, 4.69) is 14.9 Å². The normalized spacial score (nSPS) is 11.5. The number of hydrogen-bond acceptors (Lipinski definition) is 7. The van der Waals surface area contributed by atoms with Crippen molar-refractivity contribution in [1.29, 1.82) is 0 Å². The Bertz CT molecular complexity index is 373. The number of aromatic nitrogens is 2. The van der Waals surface area contributed by atoms with Crippen LogP contribution >= 0.6 is 11.8 Å². The zero-order valence-electron chi connectivity index (χ0n) is 10.2. The first kappa shape index (κ1) is 14.0. The molecule has 0 aliphatic heterocycles. The van der Waals surface area contributed by atoms with Gasteiger partial charge in [0.1, 0.15) is 0 Å². The number of nitrogens with zero attached hydrogens (tertiary/aromatic N) is 2. The van der Waals surface area contributed by atoms with E-state index >= 15 is 0 Å². The minimum atomic E-state index is -0.599. The van der Waals surface area contributed by atoms with Crippen molar-refractivity contribution in [3.8, 4) is 0 Å². The molecule has 0 aromatic carbocycles. The number of ether oxygens (including phenoxy) is 1. The van der Waals surface area contributed by atoms with E-state index < -0.39 is 5.54 Å². The quantitative estimate of drug-likeness (QED) is 0.603. The van der Waals surface area contributed by atoms with Gasteiger partial charge in [-0.05, 0) is 13.8 Å². The van der Waals surface area contributed by atoms with Gasteiger partial charge in [-0.25, -0.2) is 0 Å². The second-order valence-electron chi connectivity index (χ2n) is 4.11. The zero-order valence-corrected chi connectivity index (χ0v) is 11.0. The van der Waals surface area contributed by atoms with Crippen molar-refractivity contribution in [3.63, 3.8) is 0 Å². The van der Waals surface area contributed by atoms with Crippen LogP contribution in [0.3, 0.4) is 0 Å². The van der Waals surface area contributed by atoms with Gasteiger partial charge in [0.15, 0.2) is 5.82 Å². The summed E-state index contributed by atoms with van der Waals surface area (Å²) in [5.74, 6) is 2.03. The third kappa shape index (κ3) is 4.74. The molecule has 1 aromatic rings. The van der Waals surface area contributed by atoms with Crippen molar-refractivity contribution < 1.29 is 14.1 Å². The Morgan fingerprint density at radius 1 is 1.59 bits per heavy atom. The maximum atomic E-state index is 10.9. The van der Waals surface area contributed by atoms with Crippen LogP contribution < -0.4 is 5.73 Å². The van der Waals surface area contributed by atoms with Crippen molar-refractivity contribution >= 4 is 17.7 Å². The molecular weight excluding hydrogens is 242 g/mol. The lowest BCUT2D eigenvalue weighted by molar-refractivity contribution is -0.140. The van der Waals surface area contributed by atoms with Crippen LogP contribution in [0.1, 0.15) is 32.0 Å². The molecule has 1 aromatic heterocycles. The molecule has 0 spiro atoms. The summed E-state index contributed by atoms with van der Waals surface area (Å²) in [6.45, 7) is 3.62. The van der Waals surface area contributed by atoms with Gasteiger partial charge >= 0.3 is 5.97 Å². The molecule has 0 radical (unpaired) electrons. The number of methoxy groups -OCH3 is 1. The zero-order chi connectivity index (χ0) is 12.9. The van der Waals surface area contributed by atoms with Gasteiger partial charge in [-0.15, -0.1) is 0 Å². The average Bonchev–Trinajstić information content (AvgIpc) is 2.72. The molecule has 0 atom stereocenters. The Kier molecular flexibility index (Phi) is 4.95. The number of esters is 1. The molecule has 96 valence electrons. The van der Waals surface area contributed by atoms with E-state index in [4.69, 9.17) is 10.3 Å². The van der Waals surface area contributed by atoms with E-state index in [1.165, 1.54) is 18.9 Å². The fraction of sp³-hybridized carbons (Fsp3) is 0.700. The summed E-state index contributed by atoms with van der Waals surface area (Å²) in [7, 11) is 1.38. The molecule has 0 saturated heterocycles. The van der Waals surface area contributed by atoms with Crippen LogP contribution in [0.4, 0.5) is 0 Å². The molecular formula is C10H17N3O3S. The van der Waals surface area contributed by atoms with Crippen LogP contribution in [0, 0.1) is 0 Å². The largest absolute Gasteiger partial charge is 0.469 e. The summed E-state index contributed by atoms with van der Waals surface area (Å²) in [5.41, 5.74) is 5.23. The molecule has 0 bridgehead atoms. The van der Waals surface area contributed by atoms with Gasteiger partial charge in [-0.3, -0.25) is 4.79 Å². The summed E-state index contributed by atoms with van der Waals surface area (Å²) < 4.78 is 9.58. The van der Waals surface area contributed by atoms with Crippen LogP contribution in [-0.4, -0.2) is 29.0 Å². The summed E-state index contributed by atoms with van der Waals surface area (Å²) in [6.07, 6.45) is 0.380. The Labute approximate surface area is 104 Å². The van der Waals surface area contributed by atoms with E-state index in [0.29, 0.717) is 29.6 Å². The lowest BCUT2D eigenvalue weighted by Crippen LogP contribution is -2.30. The summed E-state index contributed by atoms with van der Waals surface area (Å²) >= 11 is 1.54. The summed E-state index contributed by atoms with van der Waals surface area (Å²) in [6, 6.07) is 0. The van der Waals surface area contributed by atoms with E-state index in [9.17, 15) is 4.79 Å². The molecule has 0 saturated carbocycles. The van der Waals surface area contributed by atoms with Gasteiger partial charge in [0.05, 0.1) is 24.8 Å². The third-order valence-corrected chi connectivity index (χ3v) is 2.89. The van der Waals surface area contributed by atoms with Crippen molar-refractivity contribution in [3.05, 3.63) is 11.7 Å². The first-order valence-electron chi connectivity index (χ1n) is 5.20. The van der Waals surface area contributed by atoms with Gasteiger partial charge in [0, 0.05) is 5.75 Å². The predicted octanol–water partition coefficient (Wildman–Crippen LogP) is 1.06. The molecule has 7 heteroatoms. The number of thioether (sulfide) groups is 1. The second kappa shape index (κ2) is 6.02. The van der Waals surface area contributed by atoms with E-state index in [1.54, 1.807) is 0 Å². The minimum Gasteiger partial charge on any atom is -0.469 e. The second-order valence-corrected chi connectivity index (χ2v) is 5.22. The molecule has 6 nitrogen and oxygen atoms in total. The Morgan fingerprint density at radius 2 is 2.29 bits per heavy atom. The number of nitrogens with two attached hydrogens (primary N) is 1. The van der Waals surface area contributed by atoms with Gasteiger partial charge in [-0.1, -0.05) is 5.16 Å². The number of rotatable bonds is 6. The van der Waals surface area contributed by atoms with Crippen LogP contribution in [0.15, 0.2) is 4.52 Å². The van der Waals surface area contributed by atoms with Gasteiger partial charge < -0.3 is 15.0 Å². The molecule has 0 unspecified atom stereocenters. The lowest BCUT2D eigenvalue weighted by atomic mass is 10.1. The highest BCUT2D eigenvalue weighted by molar-refractivity contribution is 7.98. The van der Waals surface area contributed by atoms with Gasteiger partial charge in [0.2, 0.25) is 5.89 Å². The van der Waals surface area contributed by atoms with Crippen molar-refractivity contribution in [2.45, 2.75) is 31.6 Å². The van der Waals surface area contributed by atoms with E-state index in [-0.39, 0.29) is 5.97 Å². The molecule has 1 rings (SSSR count). The first-order valence-corrected chi connectivity index (χ1v) is 6.35. The van der Waals surface area contributed by atoms with Crippen LogP contribution in [0.25, 0.3) is 0 Å². The highest BCUT2D eigenvalue weighted by Crippen LogP contribution is 2.16. The highest BCUT2D eigenvalue weighted by atomic mass is 32.2. The van der Waals surface area contributed by atoms with Crippen LogP contribution in [0.2, 0.25) is 0 Å². The molecule has 17 heavy (non-hydrogen) atoms. The Morgan fingerprint density at radius 3 is 2.82 bits per heavy atom. The fourth-order valence-corrected chi connectivity index (χ4v) is 1.74. The van der Waals surface area contributed by atoms with E-state index in [0.717, 1.165) is 0 Å². The highest BCUT2D eigenvalue weighted by Gasteiger charge is 2.21. The molecule has 1 heterocycles. The standard InChI is InChI=1S/C10H17N3O3S/c1-10(2,11)9-12-7(16-13-9)6-17-5-4-8(14)15-3/h4-6,11H2,1-3H3. The minimum absolute atomic E-state index is 0.216. The van der Waals surface area contributed by atoms with Crippen molar-refractivity contribution in [2.24, 2.45) is 5.73 Å². The van der Waals surface area contributed by atoms with Crippen molar-refractivity contribution in [1.82, 2.24) is 10.1 Å². The first-order chi connectivity index (χ1) is 7.93. The monoisotopic (exact) mass is 259 g/mol. The maximum Gasteiger partial charge on any atom is 0.306 e. The average molecular weight is 259 g/mol. The SMILES string of the molecule is COC(=O)CCSCc1nc(C(C)(C)N)no1. The van der Waals surface area contributed by atoms with E-state index in [1.807, 2.05) is 13.8 Å². The topological polar surface area (TPSA) is 91.2 Å². The Hall–Kier alpha value is -1.08. The maximum absolute atomic E-state index is 10.9. The number of carbonyl (C=O) groups excluding carboxylic acids is 1. The Balaban J connectivity index is 2.33. The molecule has 0 amide bonds. The molecule has 2 N–H and O–H groups in total. The number of carbonyl (C=O) groups is 1. The molecule has 0 fully saturated rings. The van der Waals surface area contributed by atoms with Crippen molar-refractivity contribution in [2.75, 3.05) is 12.9 Å². The van der Waals surface area contributed by atoms with Crippen LogP contribution in [-0.2, 0) is 20.8 Å². The van der Waals surface area contributed by atoms with Crippen LogP contribution in [0.5, 0.6) is 0 Å². The smallest absolute Gasteiger partial charge is 0.306 e. The van der Waals surface area contributed by atoms with Gasteiger partial charge in [0.25, 0.3) is 0 Å². The lowest BCUT2D eigenvalue weighted by Gasteiger charge is -2.11. The van der Waals surface area contributed by atoms with Gasteiger partial charge in [-0.2, -0.15) is 16.7 Å².